The lowest BCUT2D eigenvalue weighted by Gasteiger charge is -2.34. The highest BCUT2D eigenvalue weighted by Crippen LogP contribution is 2.12. The quantitative estimate of drug-likeness (QED) is 0.858. The van der Waals surface area contributed by atoms with E-state index in [4.69, 9.17) is 10.2 Å². The van der Waals surface area contributed by atoms with E-state index in [1.165, 1.54) is 0 Å². The molecule has 6 nitrogen and oxygen atoms in total. The molecule has 2 rings (SSSR count). The summed E-state index contributed by atoms with van der Waals surface area (Å²) in [6.07, 6.45) is 1.34. The van der Waals surface area contributed by atoms with Crippen LogP contribution in [0, 0.1) is 13.8 Å². The summed E-state index contributed by atoms with van der Waals surface area (Å²) in [4.78, 5) is 20.5. The number of carbonyl (C=O) groups is 1. The van der Waals surface area contributed by atoms with Crippen molar-refractivity contribution in [3.05, 3.63) is 17.3 Å². The Bertz CT molecular complexity index is 431. The number of nitrogens with two attached hydrogens (primary N) is 1. The third-order valence-corrected chi connectivity index (χ3v) is 3.75. The molecule has 6 heteroatoms. The van der Waals surface area contributed by atoms with Gasteiger partial charge in [0, 0.05) is 32.6 Å². The molecule has 1 amide bonds. The smallest absolute Gasteiger partial charge is 0.222 e. The molecule has 1 saturated heterocycles. The van der Waals surface area contributed by atoms with Gasteiger partial charge in [-0.2, -0.15) is 0 Å². The van der Waals surface area contributed by atoms with Crippen molar-refractivity contribution in [2.24, 2.45) is 5.73 Å². The second-order valence-electron chi connectivity index (χ2n) is 5.30. The van der Waals surface area contributed by atoms with E-state index in [9.17, 15) is 4.79 Å². The molecule has 0 unspecified atom stereocenters. The van der Waals surface area contributed by atoms with Crippen LogP contribution in [0.25, 0.3) is 0 Å². The lowest BCUT2D eigenvalue weighted by molar-refractivity contribution is -0.133. The monoisotopic (exact) mass is 280 g/mol. The Kier molecular flexibility index (Phi) is 5.14. The molecule has 1 aromatic rings. The van der Waals surface area contributed by atoms with Gasteiger partial charge >= 0.3 is 0 Å². The molecule has 0 radical (unpaired) electrons. The molecule has 0 aromatic carbocycles. The van der Waals surface area contributed by atoms with E-state index in [1.54, 1.807) is 0 Å². The van der Waals surface area contributed by atoms with Gasteiger partial charge in [-0.1, -0.05) is 0 Å². The van der Waals surface area contributed by atoms with Crippen molar-refractivity contribution in [2.45, 2.75) is 33.2 Å². The van der Waals surface area contributed by atoms with Crippen LogP contribution < -0.4 is 5.73 Å². The minimum atomic E-state index is 0.220. The van der Waals surface area contributed by atoms with Crippen LogP contribution in [0.3, 0.4) is 0 Å². The number of nitrogens with zero attached hydrogens (tertiary/aromatic N) is 3. The third kappa shape index (κ3) is 3.80. The van der Waals surface area contributed by atoms with Gasteiger partial charge < -0.3 is 15.1 Å². The predicted octanol–water partition coefficient (Wildman–Crippen LogP) is 0.675. The maximum atomic E-state index is 11.9. The number of amides is 1. The summed E-state index contributed by atoms with van der Waals surface area (Å²) >= 11 is 0. The van der Waals surface area contributed by atoms with Crippen LogP contribution in [0.4, 0.5) is 0 Å². The van der Waals surface area contributed by atoms with Crippen molar-refractivity contribution in [2.75, 3.05) is 32.7 Å². The average Bonchev–Trinajstić information content (AvgIpc) is 2.75. The molecule has 1 aromatic heterocycles. The van der Waals surface area contributed by atoms with Gasteiger partial charge in [-0.25, -0.2) is 4.98 Å². The van der Waals surface area contributed by atoms with Crippen LogP contribution in [0.1, 0.15) is 30.2 Å². The Labute approximate surface area is 119 Å². The first-order valence-corrected chi connectivity index (χ1v) is 7.23. The minimum Gasteiger partial charge on any atom is -0.444 e. The van der Waals surface area contributed by atoms with Crippen LogP contribution in [0.5, 0.6) is 0 Å². The van der Waals surface area contributed by atoms with Gasteiger partial charge in [0.15, 0.2) is 0 Å². The number of carbonyl (C=O) groups excluding carboxylic acids is 1. The standard InChI is InChI=1S/C14H24N4O2/c1-11-12(2)20-13(16-11)10-17-6-8-18(9-7-17)14(19)4-3-5-15/h3-10,15H2,1-2H3. The molecular formula is C14H24N4O2. The van der Waals surface area contributed by atoms with Crippen molar-refractivity contribution >= 4 is 5.91 Å². The van der Waals surface area contributed by atoms with Gasteiger partial charge in [-0.3, -0.25) is 9.69 Å². The summed E-state index contributed by atoms with van der Waals surface area (Å²) in [6, 6.07) is 0. The number of rotatable bonds is 5. The second-order valence-corrected chi connectivity index (χ2v) is 5.30. The molecule has 0 saturated carbocycles. The molecule has 2 heterocycles. The lowest BCUT2D eigenvalue weighted by Crippen LogP contribution is -2.48. The van der Waals surface area contributed by atoms with E-state index in [-0.39, 0.29) is 5.91 Å². The van der Waals surface area contributed by atoms with E-state index in [1.807, 2.05) is 18.7 Å². The van der Waals surface area contributed by atoms with Gasteiger partial charge in [0.2, 0.25) is 11.8 Å². The van der Waals surface area contributed by atoms with Gasteiger partial charge in [0.1, 0.15) is 5.76 Å². The van der Waals surface area contributed by atoms with E-state index in [0.717, 1.165) is 56.5 Å². The largest absolute Gasteiger partial charge is 0.444 e. The Balaban J connectivity index is 1.78. The van der Waals surface area contributed by atoms with Crippen molar-refractivity contribution in [3.8, 4) is 0 Å². The highest BCUT2D eigenvalue weighted by molar-refractivity contribution is 5.76. The highest BCUT2D eigenvalue weighted by Gasteiger charge is 2.21. The molecule has 1 aliphatic rings. The van der Waals surface area contributed by atoms with Crippen molar-refractivity contribution in [1.29, 1.82) is 0 Å². The number of aromatic nitrogens is 1. The van der Waals surface area contributed by atoms with Crippen LogP contribution >= 0.6 is 0 Å². The number of oxazole rings is 1. The summed E-state index contributed by atoms with van der Waals surface area (Å²) in [5.74, 6) is 1.87. The first-order chi connectivity index (χ1) is 9.60. The Morgan fingerprint density at radius 3 is 2.55 bits per heavy atom. The summed E-state index contributed by atoms with van der Waals surface area (Å²) in [5.41, 5.74) is 6.39. The summed E-state index contributed by atoms with van der Waals surface area (Å²) in [6.45, 7) is 8.48. The SMILES string of the molecule is Cc1nc(CN2CCN(C(=O)CCCN)CC2)oc1C. The zero-order chi connectivity index (χ0) is 14.5. The van der Waals surface area contributed by atoms with Gasteiger partial charge in [0.05, 0.1) is 12.2 Å². The topological polar surface area (TPSA) is 75.6 Å². The predicted molar refractivity (Wildman–Crippen MR) is 76.1 cm³/mol. The summed E-state index contributed by atoms with van der Waals surface area (Å²) in [5, 5.41) is 0. The van der Waals surface area contributed by atoms with Crippen LogP contribution in [0.15, 0.2) is 4.42 Å². The zero-order valence-electron chi connectivity index (χ0n) is 12.4. The normalized spacial score (nSPS) is 16.6. The van der Waals surface area contributed by atoms with Crippen molar-refractivity contribution < 1.29 is 9.21 Å². The molecule has 0 atom stereocenters. The Morgan fingerprint density at radius 2 is 2.00 bits per heavy atom. The lowest BCUT2D eigenvalue weighted by atomic mass is 10.2. The van der Waals surface area contributed by atoms with Crippen molar-refractivity contribution in [1.82, 2.24) is 14.8 Å². The van der Waals surface area contributed by atoms with Crippen LogP contribution in [-0.4, -0.2) is 53.4 Å². The maximum Gasteiger partial charge on any atom is 0.222 e. The summed E-state index contributed by atoms with van der Waals surface area (Å²) in [7, 11) is 0. The molecule has 112 valence electrons. The van der Waals surface area contributed by atoms with E-state index in [2.05, 4.69) is 9.88 Å². The van der Waals surface area contributed by atoms with E-state index < -0.39 is 0 Å². The Morgan fingerprint density at radius 1 is 1.30 bits per heavy atom. The van der Waals surface area contributed by atoms with E-state index in [0.29, 0.717) is 13.0 Å². The van der Waals surface area contributed by atoms with Crippen LogP contribution in [-0.2, 0) is 11.3 Å². The van der Waals surface area contributed by atoms with Crippen molar-refractivity contribution in [3.63, 3.8) is 0 Å². The van der Waals surface area contributed by atoms with Gasteiger partial charge in [-0.15, -0.1) is 0 Å². The number of hydrogen-bond acceptors (Lipinski definition) is 5. The second kappa shape index (κ2) is 6.85. The number of aryl methyl sites for hydroxylation is 2. The zero-order valence-corrected chi connectivity index (χ0v) is 12.4. The third-order valence-electron chi connectivity index (χ3n) is 3.75. The molecule has 1 fully saturated rings. The summed E-state index contributed by atoms with van der Waals surface area (Å²) < 4.78 is 5.60. The molecule has 0 bridgehead atoms. The maximum absolute atomic E-state index is 11.9. The fraction of sp³-hybridized carbons (Fsp3) is 0.714. The molecule has 20 heavy (non-hydrogen) atoms. The molecule has 0 aliphatic carbocycles. The van der Waals surface area contributed by atoms with E-state index >= 15 is 0 Å². The molecule has 1 aliphatic heterocycles. The molecular weight excluding hydrogens is 256 g/mol. The number of piperazine rings is 1. The number of hydrogen-bond donors (Lipinski definition) is 1. The first kappa shape index (κ1) is 15.0. The molecule has 2 N–H and O–H groups in total. The fourth-order valence-corrected chi connectivity index (χ4v) is 2.36. The first-order valence-electron chi connectivity index (χ1n) is 7.23. The molecule has 0 spiro atoms. The van der Waals surface area contributed by atoms with Gasteiger partial charge in [0.25, 0.3) is 0 Å². The van der Waals surface area contributed by atoms with Gasteiger partial charge in [-0.05, 0) is 26.8 Å². The minimum absolute atomic E-state index is 0.220. The fourth-order valence-electron chi connectivity index (χ4n) is 2.36. The average molecular weight is 280 g/mol. The Hall–Kier alpha value is -1.40. The highest BCUT2D eigenvalue weighted by atomic mass is 16.4. The van der Waals surface area contributed by atoms with Crippen LogP contribution in [0.2, 0.25) is 0 Å².